The summed E-state index contributed by atoms with van der Waals surface area (Å²) in [5, 5.41) is 2.98. The highest BCUT2D eigenvalue weighted by molar-refractivity contribution is 7.99. The molecule has 0 bridgehead atoms. The van der Waals surface area contributed by atoms with Crippen LogP contribution in [-0.4, -0.2) is 21.6 Å². The zero-order valence-corrected chi connectivity index (χ0v) is 16.2. The van der Waals surface area contributed by atoms with Gasteiger partial charge in [-0.1, -0.05) is 35.5 Å². The molecule has 1 amide bonds. The molecule has 0 fully saturated rings. The minimum Gasteiger partial charge on any atom is -0.456 e. The number of nitrogens with zero attached hydrogens (tertiary/aromatic N) is 2. The number of hydrogen-bond acceptors (Lipinski definition) is 5. The van der Waals surface area contributed by atoms with Crippen molar-refractivity contribution in [3.63, 3.8) is 0 Å². The van der Waals surface area contributed by atoms with Crippen LogP contribution in [0.2, 0.25) is 5.02 Å². The van der Waals surface area contributed by atoms with Crippen molar-refractivity contribution in [1.82, 2.24) is 9.97 Å². The van der Waals surface area contributed by atoms with Crippen LogP contribution in [0, 0.1) is 0 Å². The van der Waals surface area contributed by atoms with Gasteiger partial charge < -0.3 is 10.1 Å². The Morgan fingerprint density at radius 3 is 2.52 bits per heavy atom. The first-order valence-corrected chi connectivity index (χ1v) is 9.53. The fourth-order valence-electron chi connectivity index (χ4n) is 2.16. The predicted molar refractivity (Wildman–Crippen MR) is 104 cm³/mol. The molecule has 10 heteroatoms. The summed E-state index contributed by atoms with van der Waals surface area (Å²) >= 11 is 6.85. The number of carbonyl (C=O) groups excluding carboxylic acids is 1. The lowest BCUT2D eigenvalue weighted by Crippen LogP contribution is -2.14. The normalized spacial score (nSPS) is 11.2. The van der Waals surface area contributed by atoms with Gasteiger partial charge in [-0.3, -0.25) is 4.79 Å². The number of benzene rings is 2. The number of amides is 1. The van der Waals surface area contributed by atoms with Gasteiger partial charge in [0.15, 0.2) is 5.16 Å². The first-order chi connectivity index (χ1) is 13.8. The zero-order chi connectivity index (χ0) is 20.9. The summed E-state index contributed by atoms with van der Waals surface area (Å²) in [6.07, 6.45) is -3.55. The van der Waals surface area contributed by atoms with Gasteiger partial charge in [-0.15, -0.1) is 0 Å². The molecule has 2 aromatic carbocycles. The molecule has 0 atom stereocenters. The third kappa shape index (κ3) is 6.10. The number of carbonyl (C=O) groups is 1. The minimum absolute atomic E-state index is 0.126. The molecule has 0 aliphatic carbocycles. The van der Waals surface area contributed by atoms with E-state index in [1.807, 2.05) is 0 Å². The maximum absolute atomic E-state index is 12.7. The number of nitrogens with one attached hydrogen (secondary N) is 1. The molecule has 3 aromatic rings. The van der Waals surface area contributed by atoms with Gasteiger partial charge in [-0.25, -0.2) is 9.97 Å². The molecule has 29 heavy (non-hydrogen) atoms. The smallest absolute Gasteiger partial charge is 0.433 e. The van der Waals surface area contributed by atoms with Crippen molar-refractivity contribution in [2.24, 2.45) is 0 Å². The summed E-state index contributed by atoms with van der Waals surface area (Å²) in [4.78, 5) is 19.2. The van der Waals surface area contributed by atoms with E-state index in [0.717, 1.165) is 24.0 Å². The van der Waals surface area contributed by atoms with Crippen LogP contribution in [0.25, 0.3) is 0 Å². The van der Waals surface area contributed by atoms with Gasteiger partial charge in [0.2, 0.25) is 5.91 Å². The van der Waals surface area contributed by atoms with E-state index in [-0.39, 0.29) is 10.9 Å². The first-order valence-electron chi connectivity index (χ1n) is 8.16. The van der Waals surface area contributed by atoms with Gasteiger partial charge in [0.25, 0.3) is 0 Å². The molecule has 0 spiro atoms. The Morgan fingerprint density at radius 1 is 1.10 bits per heavy atom. The number of hydrogen-bond donors (Lipinski definition) is 1. The number of anilines is 1. The number of thioether (sulfide) groups is 1. The molecule has 150 valence electrons. The SMILES string of the molecule is O=C(CSc1nccc(C(F)(F)F)n1)Nc1ccc(Oc2ccccc2Cl)cc1. The van der Waals surface area contributed by atoms with Crippen molar-refractivity contribution in [3.8, 4) is 11.5 Å². The monoisotopic (exact) mass is 439 g/mol. The predicted octanol–water partition coefficient (Wildman–Crippen LogP) is 5.67. The molecular formula is C19H13ClF3N3O2S. The highest BCUT2D eigenvalue weighted by Gasteiger charge is 2.32. The number of rotatable bonds is 6. The molecule has 0 aliphatic rings. The van der Waals surface area contributed by atoms with Crippen molar-refractivity contribution in [1.29, 1.82) is 0 Å². The summed E-state index contributed by atoms with van der Waals surface area (Å²) < 4.78 is 43.6. The standard InChI is InChI=1S/C19H13ClF3N3O2S/c20-14-3-1-2-4-15(14)28-13-7-5-12(6-8-13)25-17(27)11-29-18-24-10-9-16(26-18)19(21,22)23/h1-10H,11H2,(H,25,27). The van der Waals surface area contributed by atoms with E-state index in [1.54, 1.807) is 48.5 Å². The Balaban J connectivity index is 1.54. The van der Waals surface area contributed by atoms with Gasteiger partial charge >= 0.3 is 6.18 Å². The maximum atomic E-state index is 12.7. The van der Waals surface area contributed by atoms with E-state index in [2.05, 4.69) is 15.3 Å². The van der Waals surface area contributed by atoms with E-state index in [1.165, 1.54) is 0 Å². The third-order valence-corrected chi connectivity index (χ3v) is 4.63. The molecule has 0 aliphatic heterocycles. The topological polar surface area (TPSA) is 64.1 Å². The lowest BCUT2D eigenvalue weighted by molar-refractivity contribution is -0.141. The van der Waals surface area contributed by atoms with Crippen LogP contribution in [-0.2, 0) is 11.0 Å². The van der Waals surface area contributed by atoms with Crippen LogP contribution in [0.1, 0.15) is 5.69 Å². The molecule has 1 aromatic heterocycles. The summed E-state index contributed by atoms with van der Waals surface area (Å²) in [7, 11) is 0. The van der Waals surface area contributed by atoms with Crippen LogP contribution in [0.3, 0.4) is 0 Å². The van der Waals surface area contributed by atoms with Crippen LogP contribution in [0.5, 0.6) is 11.5 Å². The van der Waals surface area contributed by atoms with Crippen LogP contribution >= 0.6 is 23.4 Å². The minimum atomic E-state index is -4.56. The summed E-state index contributed by atoms with van der Waals surface area (Å²) in [5.74, 6) is 0.487. The molecular weight excluding hydrogens is 427 g/mol. The molecule has 0 radical (unpaired) electrons. The van der Waals surface area contributed by atoms with E-state index in [9.17, 15) is 18.0 Å². The second kappa shape index (κ2) is 9.15. The van der Waals surface area contributed by atoms with E-state index in [4.69, 9.17) is 16.3 Å². The van der Waals surface area contributed by atoms with Gasteiger partial charge in [0, 0.05) is 11.9 Å². The Morgan fingerprint density at radius 2 is 1.83 bits per heavy atom. The summed E-state index contributed by atoms with van der Waals surface area (Å²) in [5.41, 5.74) is -0.545. The van der Waals surface area contributed by atoms with Crippen molar-refractivity contribution in [3.05, 3.63) is 71.5 Å². The lowest BCUT2D eigenvalue weighted by atomic mass is 10.3. The highest BCUT2D eigenvalue weighted by Crippen LogP contribution is 2.30. The number of halogens is 4. The quantitative estimate of drug-likeness (QED) is 0.396. The van der Waals surface area contributed by atoms with Gasteiger partial charge in [-0.05, 0) is 42.5 Å². The lowest BCUT2D eigenvalue weighted by Gasteiger charge is -2.09. The molecule has 0 unspecified atom stereocenters. The summed E-state index contributed by atoms with van der Waals surface area (Å²) in [6.45, 7) is 0. The Hall–Kier alpha value is -2.78. The Kier molecular flexibility index (Phi) is 6.60. The molecule has 1 N–H and O–H groups in total. The number of alkyl halides is 3. The van der Waals surface area contributed by atoms with Gasteiger partial charge in [-0.2, -0.15) is 13.2 Å². The number of aromatic nitrogens is 2. The summed E-state index contributed by atoms with van der Waals surface area (Å²) in [6, 6.07) is 14.4. The average Bonchev–Trinajstić information content (AvgIpc) is 2.69. The molecule has 0 saturated heterocycles. The van der Waals surface area contributed by atoms with Crippen molar-refractivity contribution >= 4 is 35.0 Å². The maximum Gasteiger partial charge on any atom is 0.433 e. The van der Waals surface area contributed by atoms with E-state index >= 15 is 0 Å². The van der Waals surface area contributed by atoms with Crippen LogP contribution in [0.15, 0.2) is 66.0 Å². The average molecular weight is 440 g/mol. The van der Waals surface area contributed by atoms with Crippen LogP contribution in [0.4, 0.5) is 18.9 Å². The third-order valence-electron chi connectivity index (χ3n) is 3.46. The number of ether oxygens (including phenoxy) is 1. The van der Waals surface area contributed by atoms with E-state index in [0.29, 0.717) is 22.2 Å². The van der Waals surface area contributed by atoms with Crippen molar-refractivity contribution in [2.45, 2.75) is 11.3 Å². The Bertz CT molecular complexity index is 1000. The fourth-order valence-corrected chi connectivity index (χ4v) is 2.96. The van der Waals surface area contributed by atoms with Gasteiger partial charge in [0.1, 0.15) is 17.2 Å². The second-order valence-corrected chi connectivity index (χ2v) is 6.97. The molecule has 5 nitrogen and oxygen atoms in total. The molecule has 0 saturated carbocycles. The van der Waals surface area contributed by atoms with Crippen LogP contribution < -0.4 is 10.1 Å². The highest BCUT2D eigenvalue weighted by atomic mass is 35.5. The second-order valence-electron chi connectivity index (χ2n) is 5.62. The van der Waals surface area contributed by atoms with Gasteiger partial charge in [0.05, 0.1) is 10.8 Å². The van der Waals surface area contributed by atoms with E-state index < -0.39 is 17.8 Å². The van der Waals surface area contributed by atoms with Crippen molar-refractivity contribution < 1.29 is 22.7 Å². The largest absolute Gasteiger partial charge is 0.456 e. The first kappa shape index (κ1) is 20.9. The molecule has 1 heterocycles. The Labute approximate surface area is 173 Å². The molecule has 3 rings (SSSR count). The zero-order valence-electron chi connectivity index (χ0n) is 14.6. The number of para-hydroxylation sites is 1. The fraction of sp³-hybridized carbons (Fsp3) is 0.105. The van der Waals surface area contributed by atoms with Crippen molar-refractivity contribution in [2.75, 3.05) is 11.1 Å².